The molecule has 17 heteroatoms. The Hall–Kier alpha value is -4.05. The Balaban J connectivity index is 1.24. The number of rotatable bonds is 6. The summed E-state index contributed by atoms with van der Waals surface area (Å²) < 4.78 is 99.9. The number of hydrogen-bond donors (Lipinski definition) is 1. The number of alkyl carbamates (subject to hydrolysis) is 1. The average molecular weight is 573 g/mol. The number of alkyl halides is 5. The molecule has 3 aliphatic carbocycles. The maximum absolute atomic E-state index is 15.0. The second-order valence-electron chi connectivity index (χ2n) is 10.3. The molecular weight excluding hydrogens is 552 g/mol. The van der Waals surface area contributed by atoms with Crippen LogP contribution < -0.4 is 19.7 Å². The van der Waals surface area contributed by atoms with Crippen molar-refractivity contribution in [1.82, 2.24) is 29.9 Å². The number of methoxy groups -OCH3 is 2. The number of nitrogens with zero attached hydrogens (tertiary/aromatic N) is 6. The summed E-state index contributed by atoms with van der Waals surface area (Å²) in [7, 11) is 2.67. The highest BCUT2D eigenvalue weighted by atomic mass is 19.4. The lowest BCUT2D eigenvalue weighted by atomic mass is 9.39. The standard InChI is InChI=1S/C23H21F6N7O4/c1-38-17-11(4-31-18(32-17)39-2)12-3-13(16-30-5-15(24)36(16)34-12)35-6-14(22(25,26)10-35)40-19(37)33-21-7-20(8-21,9-21)23(27,28)29/h3-5,14H,6-10H2,1-2H3,(H,33,37)/t14-,20?,21?/m0/s1. The second kappa shape index (κ2) is 8.47. The fourth-order valence-corrected chi connectivity index (χ4v) is 5.73. The summed E-state index contributed by atoms with van der Waals surface area (Å²) >= 11 is 0. The fourth-order valence-electron chi connectivity index (χ4n) is 5.73. The van der Waals surface area contributed by atoms with Gasteiger partial charge in [-0.3, -0.25) is 0 Å². The van der Waals surface area contributed by atoms with Crippen molar-refractivity contribution in [3.05, 3.63) is 24.4 Å². The predicted molar refractivity (Wildman–Crippen MR) is 123 cm³/mol. The maximum atomic E-state index is 15.0. The van der Waals surface area contributed by atoms with Crippen LogP contribution in [-0.4, -0.2) is 81.7 Å². The Morgan fingerprint density at radius 3 is 2.50 bits per heavy atom. The SMILES string of the molecule is COc1ncc(-c2cc(N3C[C@H](OC(=O)NC45CC(C(F)(F)F)(C4)C5)C(F)(F)C3)c3ncc(F)n3n2)c(OC)n1. The van der Waals surface area contributed by atoms with Gasteiger partial charge in [-0.1, -0.05) is 0 Å². The molecule has 1 amide bonds. The van der Waals surface area contributed by atoms with Crippen molar-refractivity contribution in [1.29, 1.82) is 0 Å². The highest BCUT2D eigenvalue weighted by Gasteiger charge is 2.79. The summed E-state index contributed by atoms with van der Waals surface area (Å²) in [6.07, 6.45) is -6.32. The van der Waals surface area contributed by atoms with E-state index in [1.807, 2.05) is 0 Å². The van der Waals surface area contributed by atoms with Crippen LogP contribution in [0.1, 0.15) is 19.3 Å². The minimum atomic E-state index is -4.39. The van der Waals surface area contributed by atoms with E-state index in [0.29, 0.717) is 0 Å². The number of aromatic nitrogens is 5. The zero-order valence-corrected chi connectivity index (χ0v) is 20.9. The second-order valence-corrected chi connectivity index (χ2v) is 10.3. The van der Waals surface area contributed by atoms with Gasteiger partial charge in [0.05, 0.1) is 50.2 Å². The van der Waals surface area contributed by atoms with Crippen LogP contribution in [0, 0.1) is 11.4 Å². The number of halogens is 6. The number of ether oxygens (including phenoxy) is 3. The molecule has 3 aromatic heterocycles. The number of nitrogens with one attached hydrogen (secondary N) is 1. The third kappa shape index (κ3) is 3.92. The number of fused-ring (bicyclic) bond motifs is 1. The summed E-state index contributed by atoms with van der Waals surface area (Å²) in [5.74, 6) is -4.40. The van der Waals surface area contributed by atoms with Crippen LogP contribution in [0.3, 0.4) is 0 Å². The minimum Gasteiger partial charge on any atom is -0.480 e. The monoisotopic (exact) mass is 573 g/mol. The number of hydrogen-bond acceptors (Lipinski definition) is 9. The smallest absolute Gasteiger partial charge is 0.408 e. The molecule has 3 aromatic rings. The Bertz CT molecular complexity index is 1490. The molecule has 4 heterocycles. The molecule has 0 aromatic carbocycles. The number of anilines is 1. The molecule has 1 aliphatic heterocycles. The van der Waals surface area contributed by atoms with Crippen LogP contribution in [0.5, 0.6) is 11.9 Å². The van der Waals surface area contributed by atoms with Gasteiger partial charge >= 0.3 is 24.2 Å². The first-order valence-electron chi connectivity index (χ1n) is 12.0. The first-order valence-corrected chi connectivity index (χ1v) is 12.0. The van der Waals surface area contributed by atoms with Crippen molar-refractivity contribution in [2.75, 3.05) is 32.2 Å². The number of carbonyl (C=O) groups is 1. The van der Waals surface area contributed by atoms with Gasteiger partial charge in [0.1, 0.15) is 5.69 Å². The molecular formula is C23H21F6N7O4. The lowest BCUT2D eigenvalue weighted by molar-refractivity contribution is -0.337. The lowest BCUT2D eigenvalue weighted by Crippen LogP contribution is -2.78. The minimum absolute atomic E-state index is 0.0133. The average Bonchev–Trinajstić information content (AvgIpc) is 3.37. The highest BCUT2D eigenvalue weighted by molar-refractivity contribution is 5.77. The highest BCUT2D eigenvalue weighted by Crippen LogP contribution is 2.73. The first-order chi connectivity index (χ1) is 18.8. The third-order valence-corrected chi connectivity index (χ3v) is 7.64. The van der Waals surface area contributed by atoms with E-state index < -0.39 is 54.3 Å². The van der Waals surface area contributed by atoms with Gasteiger partial charge < -0.3 is 24.4 Å². The van der Waals surface area contributed by atoms with Crippen LogP contribution in [0.2, 0.25) is 0 Å². The molecule has 1 atom stereocenters. The molecule has 0 radical (unpaired) electrons. The first kappa shape index (κ1) is 26.2. The Morgan fingerprint density at radius 1 is 1.12 bits per heavy atom. The van der Waals surface area contributed by atoms with E-state index in [1.54, 1.807) is 0 Å². The maximum Gasteiger partial charge on any atom is 0.408 e. The van der Waals surface area contributed by atoms with E-state index in [-0.39, 0.29) is 53.7 Å². The summed E-state index contributed by atoms with van der Waals surface area (Å²) in [6, 6.07) is 1.35. The summed E-state index contributed by atoms with van der Waals surface area (Å²) in [4.78, 5) is 25.6. The molecule has 7 rings (SSSR count). The van der Waals surface area contributed by atoms with Crippen molar-refractivity contribution in [2.45, 2.75) is 43.0 Å². The lowest BCUT2D eigenvalue weighted by Gasteiger charge is -2.70. The molecule has 214 valence electrons. The topological polar surface area (TPSA) is 116 Å². The van der Waals surface area contributed by atoms with E-state index >= 15 is 8.78 Å². The molecule has 4 fully saturated rings. The van der Waals surface area contributed by atoms with Crippen molar-refractivity contribution < 1.29 is 45.3 Å². The van der Waals surface area contributed by atoms with Gasteiger partial charge in [-0.05, 0) is 25.3 Å². The largest absolute Gasteiger partial charge is 0.480 e. The number of carbonyl (C=O) groups excluding carboxylic acids is 1. The van der Waals surface area contributed by atoms with Crippen LogP contribution in [0.25, 0.3) is 16.9 Å². The van der Waals surface area contributed by atoms with Gasteiger partial charge in [0.25, 0.3) is 0 Å². The van der Waals surface area contributed by atoms with Gasteiger partial charge in [-0.25, -0.2) is 23.5 Å². The zero-order chi connectivity index (χ0) is 28.7. The molecule has 2 bridgehead atoms. The summed E-state index contributed by atoms with van der Waals surface area (Å²) in [6.45, 7) is -1.43. The molecule has 0 unspecified atom stereocenters. The van der Waals surface area contributed by atoms with Crippen LogP contribution >= 0.6 is 0 Å². The molecule has 3 saturated carbocycles. The Morgan fingerprint density at radius 2 is 1.85 bits per heavy atom. The molecule has 1 saturated heterocycles. The summed E-state index contributed by atoms with van der Waals surface area (Å²) in [5, 5.41) is 6.51. The molecule has 11 nitrogen and oxygen atoms in total. The van der Waals surface area contributed by atoms with E-state index in [1.165, 1.54) is 26.5 Å². The normalized spacial score (nSPS) is 26.7. The van der Waals surface area contributed by atoms with Crippen LogP contribution in [0.15, 0.2) is 18.5 Å². The molecule has 0 spiro atoms. The Kier molecular flexibility index (Phi) is 5.55. The van der Waals surface area contributed by atoms with Crippen molar-refractivity contribution in [2.24, 2.45) is 5.41 Å². The van der Waals surface area contributed by atoms with Gasteiger partial charge in [0.2, 0.25) is 11.8 Å². The summed E-state index contributed by atoms with van der Waals surface area (Å²) in [5.41, 5.74) is -2.69. The van der Waals surface area contributed by atoms with E-state index in [2.05, 4.69) is 25.4 Å². The van der Waals surface area contributed by atoms with Crippen molar-refractivity contribution >= 4 is 17.4 Å². The molecule has 40 heavy (non-hydrogen) atoms. The van der Waals surface area contributed by atoms with Gasteiger partial charge in [0.15, 0.2) is 11.8 Å². The molecule has 4 aliphatic rings. The van der Waals surface area contributed by atoms with Crippen LogP contribution in [0.4, 0.5) is 36.8 Å². The van der Waals surface area contributed by atoms with Crippen molar-refractivity contribution in [3.63, 3.8) is 0 Å². The molecule has 1 N–H and O–H groups in total. The quantitative estimate of drug-likeness (QED) is 0.443. The fraction of sp³-hybridized carbons (Fsp3) is 0.522. The number of amides is 1. The van der Waals surface area contributed by atoms with E-state index in [9.17, 15) is 22.4 Å². The zero-order valence-electron chi connectivity index (χ0n) is 20.9. The van der Waals surface area contributed by atoms with Crippen molar-refractivity contribution in [3.8, 4) is 23.1 Å². The van der Waals surface area contributed by atoms with Gasteiger partial charge in [0, 0.05) is 11.7 Å². The van der Waals surface area contributed by atoms with E-state index in [4.69, 9.17) is 14.2 Å². The van der Waals surface area contributed by atoms with Crippen LogP contribution in [-0.2, 0) is 4.74 Å². The van der Waals surface area contributed by atoms with Gasteiger partial charge in [-0.2, -0.15) is 32.2 Å². The predicted octanol–water partition coefficient (Wildman–Crippen LogP) is 3.38. The van der Waals surface area contributed by atoms with E-state index in [0.717, 1.165) is 15.6 Å². The number of imidazole rings is 1. The van der Waals surface area contributed by atoms with Gasteiger partial charge in [-0.15, -0.1) is 0 Å². The third-order valence-electron chi connectivity index (χ3n) is 7.64. The Labute approximate surface area is 221 Å².